The van der Waals surface area contributed by atoms with Crippen molar-refractivity contribution in [1.82, 2.24) is 5.32 Å². The third kappa shape index (κ3) is 4.14. The van der Waals surface area contributed by atoms with Gasteiger partial charge < -0.3 is 14.8 Å². The second kappa shape index (κ2) is 8.79. The van der Waals surface area contributed by atoms with E-state index in [9.17, 15) is 0 Å². The molecule has 144 valence electrons. The number of hydrogen-bond donors (Lipinski definition) is 1. The molecular weight excluding hydrogens is 334 g/mol. The van der Waals surface area contributed by atoms with Crippen LogP contribution in [0.1, 0.15) is 55.2 Å². The fourth-order valence-electron chi connectivity index (χ4n) is 4.57. The summed E-state index contributed by atoms with van der Waals surface area (Å²) in [7, 11) is 0. The Morgan fingerprint density at radius 3 is 2.93 bits per heavy atom. The molecular formula is C24H31NO2. The number of fused-ring (bicyclic) bond motifs is 2. The lowest BCUT2D eigenvalue weighted by atomic mass is 9.93. The first kappa shape index (κ1) is 18.4. The molecule has 2 aromatic rings. The van der Waals surface area contributed by atoms with E-state index in [1.165, 1.54) is 24.0 Å². The Morgan fingerprint density at radius 1 is 1.11 bits per heavy atom. The van der Waals surface area contributed by atoms with Crippen LogP contribution >= 0.6 is 0 Å². The minimum absolute atomic E-state index is 0.565. The van der Waals surface area contributed by atoms with E-state index in [1.807, 2.05) is 6.07 Å². The Morgan fingerprint density at radius 2 is 2.00 bits per heavy atom. The van der Waals surface area contributed by atoms with Crippen molar-refractivity contribution in [3.05, 3.63) is 59.2 Å². The maximum atomic E-state index is 6.04. The zero-order valence-electron chi connectivity index (χ0n) is 16.4. The van der Waals surface area contributed by atoms with Crippen LogP contribution in [0.25, 0.3) is 0 Å². The van der Waals surface area contributed by atoms with Crippen LogP contribution in [-0.4, -0.2) is 25.8 Å². The van der Waals surface area contributed by atoms with Crippen LogP contribution in [0.2, 0.25) is 0 Å². The molecule has 1 N–H and O–H groups in total. The second-order valence-corrected chi connectivity index (χ2v) is 7.76. The summed E-state index contributed by atoms with van der Waals surface area (Å²) in [4.78, 5) is 0. The lowest BCUT2D eigenvalue weighted by Gasteiger charge is -2.22. The molecule has 2 atom stereocenters. The van der Waals surface area contributed by atoms with Crippen LogP contribution < -0.4 is 14.8 Å². The number of nitrogens with one attached hydrogen (secondary N) is 1. The van der Waals surface area contributed by atoms with Gasteiger partial charge in [0.15, 0.2) is 11.5 Å². The number of rotatable bonds is 8. The minimum atomic E-state index is 0.565. The molecule has 0 amide bonds. The summed E-state index contributed by atoms with van der Waals surface area (Å²) >= 11 is 0. The molecule has 2 aromatic carbocycles. The van der Waals surface area contributed by atoms with E-state index in [1.54, 1.807) is 5.56 Å². The largest absolute Gasteiger partial charge is 0.490 e. The first-order valence-electron chi connectivity index (χ1n) is 10.6. The van der Waals surface area contributed by atoms with Gasteiger partial charge in [0, 0.05) is 6.04 Å². The van der Waals surface area contributed by atoms with Gasteiger partial charge in [-0.25, -0.2) is 0 Å². The highest BCUT2D eigenvalue weighted by Crippen LogP contribution is 2.37. The van der Waals surface area contributed by atoms with Crippen molar-refractivity contribution >= 4 is 0 Å². The van der Waals surface area contributed by atoms with E-state index in [0.29, 0.717) is 12.0 Å². The quantitative estimate of drug-likeness (QED) is 0.677. The van der Waals surface area contributed by atoms with E-state index in [4.69, 9.17) is 9.47 Å². The maximum absolute atomic E-state index is 6.04. The molecule has 0 saturated carbocycles. The van der Waals surface area contributed by atoms with E-state index in [-0.39, 0.29) is 0 Å². The zero-order chi connectivity index (χ0) is 18.5. The fourth-order valence-corrected chi connectivity index (χ4v) is 4.57. The Bertz CT molecular complexity index is 758. The lowest BCUT2D eigenvalue weighted by molar-refractivity contribution is 0.247. The van der Waals surface area contributed by atoms with Gasteiger partial charge in [-0.15, -0.1) is 0 Å². The van der Waals surface area contributed by atoms with Gasteiger partial charge in [0.2, 0.25) is 0 Å². The van der Waals surface area contributed by atoms with Gasteiger partial charge in [-0.3, -0.25) is 0 Å². The smallest absolute Gasteiger partial charge is 0.164 e. The average molecular weight is 366 g/mol. The summed E-state index contributed by atoms with van der Waals surface area (Å²) in [5, 5.41) is 3.80. The molecule has 4 rings (SSSR count). The first-order chi connectivity index (χ1) is 13.4. The van der Waals surface area contributed by atoms with Crippen molar-refractivity contribution in [3.8, 4) is 11.5 Å². The Hall–Kier alpha value is -2.00. The number of ether oxygens (including phenoxy) is 2. The predicted molar refractivity (Wildman–Crippen MR) is 110 cm³/mol. The molecule has 1 heterocycles. The van der Waals surface area contributed by atoms with Crippen molar-refractivity contribution in [2.24, 2.45) is 0 Å². The van der Waals surface area contributed by atoms with Gasteiger partial charge in [0.1, 0.15) is 0 Å². The van der Waals surface area contributed by atoms with Crippen LogP contribution in [0.4, 0.5) is 0 Å². The molecule has 2 unspecified atom stereocenters. The van der Waals surface area contributed by atoms with Crippen molar-refractivity contribution in [1.29, 1.82) is 0 Å². The van der Waals surface area contributed by atoms with E-state index in [0.717, 1.165) is 56.9 Å². The normalized spacial score (nSPS) is 20.6. The van der Waals surface area contributed by atoms with Crippen LogP contribution in [0.15, 0.2) is 42.5 Å². The molecule has 1 aliphatic heterocycles. The number of aryl methyl sites for hydroxylation is 1. The monoisotopic (exact) mass is 365 g/mol. The number of hydrogen-bond acceptors (Lipinski definition) is 3. The van der Waals surface area contributed by atoms with Gasteiger partial charge in [0.05, 0.1) is 13.2 Å². The van der Waals surface area contributed by atoms with Gasteiger partial charge in [0.25, 0.3) is 0 Å². The van der Waals surface area contributed by atoms with E-state index < -0.39 is 0 Å². The van der Waals surface area contributed by atoms with Gasteiger partial charge in [-0.2, -0.15) is 0 Å². The standard InChI is InChI=1S/C24H31NO2/c1-2-8-21-20-12-4-3-9-19(20)17-22(21)25-14-7-16-26-23-13-5-10-18-11-6-15-27-24(18)23/h3-5,9-10,12-13,21-22,25H,2,6-8,11,14-17H2,1H3. The van der Waals surface area contributed by atoms with Crippen LogP contribution in [0, 0.1) is 0 Å². The summed E-state index contributed by atoms with van der Waals surface area (Å²) in [6, 6.07) is 15.8. The average Bonchev–Trinajstić information content (AvgIpc) is 3.06. The van der Waals surface area contributed by atoms with Gasteiger partial charge in [-0.05, 0) is 67.3 Å². The maximum Gasteiger partial charge on any atom is 0.164 e. The highest BCUT2D eigenvalue weighted by molar-refractivity contribution is 5.47. The van der Waals surface area contributed by atoms with Gasteiger partial charge >= 0.3 is 0 Å². The summed E-state index contributed by atoms with van der Waals surface area (Å²) in [6.07, 6.45) is 6.85. The number of para-hydroxylation sites is 1. The van der Waals surface area contributed by atoms with Crippen LogP contribution in [0.5, 0.6) is 11.5 Å². The van der Waals surface area contributed by atoms with E-state index in [2.05, 4.69) is 48.6 Å². The highest BCUT2D eigenvalue weighted by Gasteiger charge is 2.30. The van der Waals surface area contributed by atoms with Crippen molar-refractivity contribution in [2.45, 2.75) is 57.4 Å². The molecule has 2 aliphatic rings. The fraction of sp³-hybridized carbons (Fsp3) is 0.500. The third-order valence-electron chi connectivity index (χ3n) is 5.86. The predicted octanol–water partition coefficient (Wildman–Crippen LogP) is 4.88. The summed E-state index contributed by atoms with van der Waals surface area (Å²) in [5.74, 6) is 2.52. The molecule has 0 spiro atoms. The summed E-state index contributed by atoms with van der Waals surface area (Å²) in [5.41, 5.74) is 4.36. The highest BCUT2D eigenvalue weighted by atomic mass is 16.5. The molecule has 1 aliphatic carbocycles. The SMILES string of the molecule is CCCC1c2ccccc2CC1NCCCOc1cccc2c1OCCC2. The molecule has 3 heteroatoms. The van der Waals surface area contributed by atoms with Crippen LogP contribution in [-0.2, 0) is 12.8 Å². The molecule has 3 nitrogen and oxygen atoms in total. The molecule has 0 aromatic heterocycles. The topological polar surface area (TPSA) is 30.5 Å². The lowest BCUT2D eigenvalue weighted by Crippen LogP contribution is -2.34. The molecule has 0 bridgehead atoms. The summed E-state index contributed by atoms with van der Waals surface area (Å²) in [6.45, 7) is 4.81. The molecule has 0 saturated heterocycles. The Labute approximate surface area is 163 Å². The van der Waals surface area contributed by atoms with Crippen molar-refractivity contribution in [3.63, 3.8) is 0 Å². The van der Waals surface area contributed by atoms with Crippen molar-refractivity contribution < 1.29 is 9.47 Å². The summed E-state index contributed by atoms with van der Waals surface area (Å²) < 4.78 is 11.9. The molecule has 0 fully saturated rings. The van der Waals surface area contributed by atoms with Gasteiger partial charge in [-0.1, -0.05) is 49.7 Å². The second-order valence-electron chi connectivity index (χ2n) is 7.76. The third-order valence-corrected chi connectivity index (χ3v) is 5.86. The zero-order valence-corrected chi connectivity index (χ0v) is 16.4. The molecule has 0 radical (unpaired) electrons. The Balaban J connectivity index is 1.26. The van der Waals surface area contributed by atoms with Crippen LogP contribution in [0.3, 0.4) is 0 Å². The minimum Gasteiger partial charge on any atom is -0.490 e. The Kier molecular flexibility index (Phi) is 5.98. The van der Waals surface area contributed by atoms with E-state index >= 15 is 0 Å². The number of benzene rings is 2. The first-order valence-corrected chi connectivity index (χ1v) is 10.6. The molecule has 27 heavy (non-hydrogen) atoms. The van der Waals surface area contributed by atoms with Crippen molar-refractivity contribution in [2.75, 3.05) is 19.8 Å².